The Labute approximate surface area is 139 Å². The highest BCUT2D eigenvalue weighted by atomic mass is 32.1. The van der Waals surface area contributed by atoms with Crippen molar-refractivity contribution in [2.45, 2.75) is 19.9 Å². The van der Waals surface area contributed by atoms with Gasteiger partial charge in [-0.1, -0.05) is 0 Å². The van der Waals surface area contributed by atoms with Crippen molar-refractivity contribution in [2.24, 2.45) is 0 Å². The average molecular weight is 326 g/mol. The van der Waals surface area contributed by atoms with Crippen LogP contribution in [0.3, 0.4) is 0 Å². The van der Waals surface area contributed by atoms with Crippen molar-refractivity contribution < 1.29 is 4.74 Å². The summed E-state index contributed by atoms with van der Waals surface area (Å²) in [6.07, 6.45) is 5.34. The summed E-state index contributed by atoms with van der Waals surface area (Å²) < 4.78 is 5.23. The molecule has 118 valence electrons. The minimum Gasteiger partial charge on any atom is -0.497 e. The van der Waals surface area contributed by atoms with Crippen LogP contribution in [-0.2, 0) is 0 Å². The lowest BCUT2D eigenvalue weighted by atomic mass is 10.2. The molecular formula is C17H18N4OS. The van der Waals surface area contributed by atoms with Crippen LogP contribution in [0.15, 0.2) is 42.9 Å². The maximum Gasteiger partial charge on any atom is 0.130 e. The zero-order chi connectivity index (χ0) is 16.2. The van der Waals surface area contributed by atoms with E-state index < -0.39 is 0 Å². The van der Waals surface area contributed by atoms with E-state index in [-0.39, 0.29) is 6.04 Å². The zero-order valence-electron chi connectivity index (χ0n) is 13.3. The van der Waals surface area contributed by atoms with Crippen molar-refractivity contribution in [3.63, 3.8) is 0 Å². The Kier molecular flexibility index (Phi) is 4.52. The largest absolute Gasteiger partial charge is 0.497 e. The Bertz CT molecular complexity index is 788. The van der Waals surface area contributed by atoms with Crippen LogP contribution in [0.25, 0.3) is 10.6 Å². The molecule has 0 aromatic carbocycles. The normalized spacial score (nSPS) is 12.0. The molecule has 3 rings (SSSR count). The molecule has 0 amide bonds. The summed E-state index contributed by atoms with van der Waals surface area (Å²) >= 11 is 1.68. The summed E-state index contributed by atoms with van der Waals surface area (Å²) in [6, 6.07) is 7.77. The van der Waals surface area contributed by atoms with E-state index in [9.17, 15) is 0 Å². The number of thiazole rings is 1. The van der Waals surface area contributed by atoms with Crippen molar-refractivity contribution >= 4 is 17.2 Å². The van der Waals surface area contributed by atoms with Gasteiger partial charge in [0, 0.05) is 35.1 Å². The van der Waals surface area contributed by atoms with Gasteiger partial charge in [0.05, 0.1) is 18.8 Å². The summed E-state index contributed by atoms with van der Waals surface area (Å²) in [5.74, 6) is 1.57. The van der Waals surface area contributed by atoms with Gasteiger partial charge in [0.2, 0.25) is 0 Å². The van der Waals surface area contributed by atoms with Gasteiger partial charge < -0.3 is 10.1 Å². The molecule has 0 bridgehead atoms. The predicted octanol–water partition coefficient (Wildman–Crippen LogP) is 4.09. The molecule has 5 nitrogen and oxygen atoms in total. The molecule has 0 aliphatic carbocycles. The SMILES string of the molecule is COc1ccnc(N[C@@H](C)c2sc(-c3cccnc3)nc2C)c1. The average Bonchev–Trinajstić information content (AvgIpc) is 2.98. The molecular weight excluding hydrogens is 308 g/mol. The van der Waals surface area contributed by atoms with Crippen LogP contribution < -0.4 is 10.1 Å². The first kappa shape index (κ1) is 15.4. The molecule has 0 spiro atoms. The van der Waals surface area contributed by atoms with Crippen LogP contribution in [0, 0.1) is 6.92 Å². The number of ether oxygens (including phenoxy) is 1. The number of aromatic nitrogens is 3. The number of pyridine rings is 2. The lowest BCUT2D eigenvalue weighted by molar-refractivity contribution is 0.414. The van der Waals surface area contributed by atoms with Crippen molar-refractivity contribution in [3.05, 3.63) is 53.4 Å². The minimum absolute atomic E-state index is 0.109. The van der Waals surface area contributed by atoms with Gasteiger partial charge in [-0.3, -0.25) is 4.98 Å². The van der Waals surface area contributed by atoms with E-state index in [0.29, 0.717) is 0 Å². The Hall–Kier alpha value is -2.47. The fraction of sp³-hybridized carbons (Fsp3) is 0.235. The quantitative estimate of drug-likeness (QED) is 0.765. The lowest BCUT2D eigenvalue weighted by Gasteiger charge is -2.14. The second-order valence-electron chi connectivity index (χ2n) is 5.16. The third-order valence-electron chi connectivity index (χ3n) is 3.47. The molecule has 0 saturated carbocycles. The molecule has 0 radical (unpaired) electrons. The molecule has 6 heteroatoms. The molecule has 0 fully saturated rings. The van der Waals surface area contributed by atoms with Gasteiger partial charge in [-0.05, 0) is 32.0 Å². The Morgan fingerprint density at radius 2 is 2.13 bits per heavy atom. The number of anilines is 1. The monoisotopic (exact) mass is 326 g/mol. The van der Waals surface area contributed by atoms with Crippen LogP contribution in [0.1, 0.15) is 23.5 Å². The van der Waals surface area contributed by atoms with Gasteiger partial charge in [0.1, 0.15) is 16.6 Å². The second kappa shape index (κ2) is 6.75. The van der Waals surface area contributed by atoms with E-state index in [1.54, 1.807) is 30.8 Å². The number of nitrogens with one attached hydrogen (secondary N) is 1. The van der Waals surface area contributed by atoms with Crippen molar-refractivity contribution in [1.29, 1.82) is 0 Å². The van der Waals surface area contributed by atoms with Crippen molar-refractivity contribution in [3.8, 4) is 16.3 Å². The number of methoxy groups -OCH3 is 1. The maximum atomic E-state index is 5.23. The molecule has 0 unspecified atom stereocenters. The van der Waals surface area contributed by atoms with Crippen molar-refractivity contribution in [1.82, 2.24) is 15.0 Å². The first-order valence-corrected chi connectivity index (χ1v) is 8.13. The van der Waals surface area contributed by atoms with Gasteiger partial charge >= 0.3 is 0 Å². The lowest BCUT2D eigenvalue weighted by Crippen LogP contribution is -2.07. The molecule has 1 N–H and O–H groups in total. The van der Waals surface area contributed by atoms with Crippen LogP contribution in [0.2, 0.25) is 0 Å². The molecule has 0 saturated heterocycles. The Morgan fingerprint density at radius 1 is 1.26 bits per heavy atom. The molecule has 1 atom stereocenters. The van der Waals surface area contributed by atoms with Crippen LogP contribution >= 0.6 is 11.3 Å². The molecule has 3 heterocycles. The number of nitrogens with zero attached hydrogens (tertiary/aromatic N) is 3. The summed E-state index contributed by atoms with van der Waals surface area (Å²) in [7, 11) is 1.65. The number of aryl methyl sites for hydroxylation is 1. The Morgan fingerprint density at radius 3 is 2.87 bits per heavy atom. The number of hydrogen-bond acceptors (Lipinski definition) is 6. The van der Waals surface area contributed by atoms with Crippen molar-refractivity contribution in [2.75, 3.05) is 12.4 Å². The highest BCUT2D eigenvalue weighted by Gasteiger charge is 2.16. The van der Waals surface area contributed by atoms with Gasteiger partial charge in [-0.15, -0.1) is 11.3 Å². The van der Waals surface area contributed by atoms with E-state index >= 15 is 0 Å². The highest BCUT2D eigenvalue weighted by Crippen LogP contribution is 2.32. The predicted molar refractivity (Wildman–Crippen MR) is 92.9 cm³/mol. The molecule has 0 aliphatic heterocycles. The van der Waals surface area contributed by atoms with E-state index in [1.807, 2.05) is 37.4 Å². The third kappa shape index (κ3) is 3.48. The maximum absolute atomic E-state index is 5.23. The molecule has 23 heavy (non-hydrogen) atoms. The van der Waals surface area contributed by atoms with E-state index in [2.05, 4.69) is 27.2 Å². The van der Waals surface area contributed by atoms with E-state index in [4.69, 9.17) is 4.74 Å². The van der Waals surface area contributed by atoms with Crippen LogP contribution in [0.5, 0.6) is 5.75 Å². The first-order valence-electron chi connectivity index (χ1n) is 7.31. The molecule has 3 aromatic heterocycles. The fourth-order valence-electron chi connectivity index (χ4n) is 2.33. The highest BCUT2D eigenvalue weighted by molar-refractivity contribution is 7.15. The topological polar surface area (TPSA) is 59.9 Å². The van der Waals surface area contributed by atoms with Crippen LogP contribution in [-0.4, -0.2) is 22.1 Å². The number of hydrogen-bond donors (Lipinski definition) is 1. The van der Waals surface area contributed by atoms with Gasteiger partial charge in [-0.2, -0.15) is 0 Å². The summed E-state index contributed by atoms with van der Waals surface area (Å²) in [5.41, 5.74) is 2.07. The zero-order valence-corrected chi connectivity index (χ0v) is 14.1. The van der Waals surface area contributed by atoms with Gasteiger partial charge in [-0.25, -0.2) is 9.97 Å². The first-order chi connectivity index (χ1) is 11.2. The summed E-state index contributed by atoms with van der Waals surface area (Å²) in [5, 5.41) is 4.39. The Balaban J connectivity index is 1.82. The molecule has 3 aromatic rings. The van der Waals surface area contributed by atoms with Gasteiger partial charge in [0.15, 0.2) is 0 Å². The second-order valence-corrected chi connectivity index (χ2v) is 6.19. The van der Waals surface area contributed by atoms with E-state index in [1.165, 1.54) is 4.88 Å². The summed E-state index contributed by atoms with van der Waals surface area (Å²) in [4.78, 5) is 14.3. The van der Waals surface area contributed by atoms with Gasteiger partial charge in [0.25, 0.3) is 0 Å². The fourth-order valence-corrected chi connectivity index (χ4v) is 3.39. The smallest absolute Gasteiger partial charge is 0.130 e. The standard InChI is InChI=1S/C17H18N4OS/c1-11(20-15-9-14(22-3)6-8-19-15)16-12(2)21-17(23-16)13-5-4-7-18-10-13/h4-11H,1-3H3,(H,19,20)/t11-/m0/s1. The van der Waals surface area contributed by atoms with E-state index in [0.717, 1.165) is 27.8 Å². The number of rotatable bonds is 5. The minimum atomic E-state index is 0.109. The van der Waals surface area contributed by atoms with Crippen LogP contribution in [0.4, 0.5) is 5.82 Å². The molecule has 0 aliphatic rings. The third-order valence-corrected chi connectivity index (χ3v) is 4.85. The summed E-state index contributed by atoms with van der Waals surface area (Å²) in [6.45, 7) is 4.14.